The first-order valence-electron chi connectivity index (χ1n) is 7.98. The van der Waals surface area contributed by atoms with Crippen LogP contribution in [0.5, 0.6) is 0 Å². The maximum atomic E-state index is 12.1. The molecule has 1 atom stereocenters. The van der Waals surface area contributed by atoms with Gasteiger partial charge >= 0.3 is 6.03 Å². The average Bonchev–Trinajstić information content (AvgIpc) is 3.27. The van der Waals surface area contributed by atoms with Gasteiger partial charge in [0.05, 0.1) is 5.69 Å². The van der Waals surface area contributed by atoms with E-state index in [1.54, 1.807) is 10.9 Å². The Hall–Kier alpha value is -3.23. The summed E-state index contributed by atoms with van der Waals surface area (Å²) in [5, 5.41) is 21.0. The summed E-state index contributed by atoms with van der Waals surface area (Å²) < 4.78 is 3.43. The molecule has 2 heterocycles. The predicted molar refractivity (Wildman–Crippen MR) is 92.3 cm³/mol. The van der Waals surface area contributed by atoms with Gasteiger partial charge in [0.2, 0.25) is 0 Å². The smallest absolute Gasteiger partial charge is 0.319 e. The molecule has 3 rings (SSSR count). The van der Waals surface area contributed by atoms with Gasteiger partial charge in [-0.25, -0.2) is 9.48 Å². The van der Waals surface area contributed by atoms with Crippen LogP contribution >= 0.6 is 0 Å². The Balaban J connectivity index is 1.51. The monoisotopic (exact) mass is 340 g/mol. The third-order valence-electron chi connectivity index (χ3n) is 3.72. The summed E-state index contributed by atoms with van der Waals surface area (Å²) in [6.07, 6.45) is 5.18. The number of hydrogen-bond acceptors (Lipinski definition) is 5. The number of benzene rings is 1. The summed E-state index contributed by atoms with van der Waals surface area (Å²) in [6.45, 7) is 5.32. The van der Waals surface area contributed by atoms with Crippen LogP contribution in [0.25, 0.3) is 5.69 Å². The Bertz CT molecular complexity index is 813. The SMILES string of the molecule is Cc1cc(NC(=O)NCC(C)Cn2cccn2)ccc1-n1cnnn1. The fraction of sp³-hybridized carbons (Fsp3) is 0.312. The minimum atomic E-state index is -0.234. The van der Waals surface area contributed by atoms with E-state index in [0.29, 0.717) is 12.2 Å². The molecule has 9 nitrogen and oxygen atoms in total. The molecule has 2 N–H and O–H groups in total. The molecule has 1 aromatic carbocycles. The van der Waals surface area contributed by atoms with E-state index in [1.807, 2.05) is 42.1 Å². The first-order valence-corrected chi connectivity index (χ1v) is 7.98. The van der Waals surface area contributed by atoms with Crippen LogP contribution in [0.3, 0.4) is 0 Å². The number of anilines is 1. The number of urea groups is 1. The Labute approximate surface area is 145 Å². The van der Waals surface area contributed by atoms with Crippen LogP contribution in [-0.2, 0) is 6.54 Å². The van der Waals surface area contributed by atoms with E-state index in [-0.39, 0.29) is 11.9 Å². The van der Waals surface area contributed by atoms with Gasteiger partial charge in [-0.2, -0.15) is 5.10 Å². The summed E-state index contributed by atoms with van der Waals surface area (Å²) in [6, 6.07) is 7.21. The largest absolute Gasteiger partial charge is 0.338 e. The fourth-order valence-electron chi connectivity index (χ4n) is 2.50. The molecular formula is C16H20N8O. The van der Waals surface area contributed by atoms with Crippen LogP contribution in [0, 0.1) is 12.8 Å². The van der Waals surface area contributed by atoms with Crippen LogP contribution in [0.15, 0.2) is 43.0 Å². The second kappa shape index (κ2) is 7.56. The third kappa shape index (κ3) is 4.40. The number of amides is 2. The number of aryl methyl sites for hydroxylation is 1. The number of nitrogens with one attached hydrogen (secondary N) is 2. The minimum absolute atomic E-state index is 0.234. The highest BCUT2D eigenvalue weighted by atomic mass is 16.2. The summed E-state index contributed by atoms with van der Waals surface area (Å²) >= 11 is 0. The maximum Gasteiger partial charge on any atom is 0.319 e. The highest BCUT2D eigenvalue weighted by molar-refractivity contribution is 5.89. The third-order valence-corrected chi connectivity index (χ3v) is 3.72. The van der Waals surface area contributed by atoms with Crippen LogP contribution < -0.4 is 10.6 Å². The number of aromatic nitrogens is 6. The molecular weight excluding hydrogens is 320 g/mol. The van der Waals surface area contributed by atoms with E-state index in [9.17, 15) is 4.79 Å². The van der Waals surface area contributed by atoms with Crippen LogP contribution in [0.2, 0.25) is 0 Å². The van der Waals surface area contributed by atoms with Crippen molar-refractivity contribution in [2.45, 2.75) is 20.4 Å². The molecule has 0 saturated carbocycles. The van der Waals surface area contributed by atoms with E-state index >= 15 is 0 Å². The van der Waals surface area contributed by atoms with Crippen molar-refractivity contribution >= 4 is 11.7 Å². The highest BCUT2D eigenvalue weighted by Gasteiger charge is 2.08. The van der Waals surface area contributed by atoms with Crippen LogP contribution in [0.4, 0.5) is 10.5 Å². The van der Waals surface area contributed by atoms with Gasteiger partial charge in [0.1, 0.15) is 6.33 Å². The lowest BCUT2D eigenvalue weighted by molar-refractivity contribution is 0.249. The molecule has 2 aromatic heterocycles. The van der Waals surface area contributed by atoms with Gasteiger partial charge in [0.25, 0.3) is 0 Å². The Morgan fingerprint density at radius 3 is 2.92 bits per heavy atom. The number of rotatable bonds is 6. The second-order valence-corrected chi connectivity index (χ2v) is 5.92. The molecule has 0 fully saturated rings. The van der Waals surface area contributed by atoms with Gasteiger partial charge in [-0.1, -0.05) is 6.92 Å². The van der Waals surface area contributed by atoms with E-state index in [2.05, 4.69) is 38.2 Å². The van der Waals surface area contributed by atoms with E-state index in [0.717, 1.165) is 17.8 Å². The molecule has 25 heavy (non-hydrogen) atoms. The second-order valence-electron chi connectivity index (χ2n) is 5.92. The lowest BCUT2D eigenvalue weighted by Gasteiger charge is -2.14. The van der Waals surface area contributed by atoms with E-state index in [1.165, 1.54) is 6.33 Å². The summed E-state index contributed by atoms with van der Waals surface area (Å²) in [7, 11) is 0. The van der Waals surface area contributed by atoms with Crippen molar-refractivity contribution in [3.63, 3.8) is 0 Å². The van der Waals surface area contributed by atoms with Crippen LogP contribution in [0.1, 0.15) is 12.5 Å². The highest BCUT2D eigenvalue weighted by Crippen LogP contribution is 2.17. The van der Waals surface area contributed by atoms with Crippen molar-refractivity contribution in [2.24, 2.45) is 5.92 Å². The normalized spacial score (nSPS) is 11.9. The summed E-state index contributed by atoms with van der Waals surface area (Å²) in [4.78, 5) is 12.1. The zero-order valence-electron chi connectivity index (χ0n) is 14.1. The van der Waals surface area contributed by atoms with Crippen molar-refractivity contribution in [3.8, 4) is 5.69 Å². The van der Waals surface area contributed by atoms with Gasteiger partial charge < -0.3 is 10.6 Å². The molecule has 9 heteroatoms. The first-order chi connectivity index (χ1) is 12.1. The van der Waals surface area contributed by atoms with Gasteiger partial charge in [0, 0.05) is 31.2 Å². The lowest BCUT2D eigenvalue weighted by Crippen LogP contribution is -2.33. The van der Waals surface area contributed by atoms with Crippen LogP contribution in [-0.4, -0.2) is 42.6 Å². The molecule has 0 radical (unpaired) electrons. The molecule has 0 aliphatic rings. The zero-order chi connectivity index (χ0) is 17.6. The maximum absolute atomic E-state index is 12.1. The molecule has 1 unspecified atom stereocenters. The predicted octanol–water partition coefficient (Wildman–Crippen LogP) is 1.63. The summed E-state index contributed by atoms with van der Waals surface area (Å²) in [5.74, 6) is 0.273. The molecule has 3 aromatic rings. The standard InChI is InChI=1S/C16H20N8O/c1-12(10-23-7-3-6-19-23)9-17-16(25)20-14-4-5-15(13(2)8-14)24-11-18-21-22-24/h3-8,11-12H,9-10H2,1-2H3,(H2,17,20,25). The quantitative estimate of drug-likeness (QED) is 0.710. The fourth-order valence-corrected chi connectivity index (χ4v) is 2.50. The van der Waals surface area contributed by atoms with Crippen molar-refractivity contribution in [2.75, 3.05) is 11.9 Å². The van der Waals surface area contributed by atoms with Crippen molar-refractivity contribution in [3.05, 3.63) is 48.5 Å². The minimum Gasteiger partial charge on any atom is -0.338 e. The number of carbonyl (C=O) groups is 1. The molecule has 0 aliphatic heterocycles. The van der Waals surface area contributed by atoms with Crippen molar-refractivity contribution in [1.29, 1.82) is 0 Å². The van der Waals surface area contributed by atoms with Gasteiger partial charge in [-0.15, -0.1) is 5.10 Å². The molecule has 0 saturated heterocycles. The number of tetrazole rings is 1. The Kier molecular flexibility index (Phi) is 5.03. The molecule has 130 valence electrons. The number of carbonyl (C=O) groups excluding carboxylic acids is 1. The van der Waals surface area contributed by atoms with Crippen molar-refractivity contribution < 1.29 is 4.79 Å². The van der Waals surface area contributed by atoms with E-state index < -0.39 is 0 Å². The Morgan fingerprint density at radius 1 is 1.36 bits per heavy atom. The molecule has 0 bridgehead atoms. The molecule has 0 aliphatic carbocycles. The van der Waals surface area contributed by atoms with Gasteiger partial charge in [-0.3, -0.25) is 4.68 Å². The zero-order valence-corrected chi connectivity index (χ0v) is 14.1. The molecule has 0 spiro atoms. The van der Waals surface area contributed by atoms with Gasteiger partial charge in [-0.05, 0) is 53.1 Å². The number of hydrogen-bond donors (Lipinski definition) is 2. The van der Waals surface area contributed by atoms with Crippen molar-refractivity contribution in [1.82, 2.24) is 35.3 Å². The molecule has 2 amide bonds. The van der Waals surface area contributed by atoms with Gasteiger partial charge in [0.15, 0.2) is 0 Å². The topological polar surface area (TPSA) is 103 Å². The average molecular weight is 340 g/mol. The first kappa shape index (κ1) is 16.6. The summed E-state index contributed by atoms with van der Waals surface area (Å²) in [5.41, 5.74) is 2.53. The number of nitrogens with zero attached hydrogens (tertiary/aromatic N) is 6. The van der Waals surface area contributed by atoms with E-state index in [4.69, 9.17) is 0 Å². The lowest BCUT2D eigenvalue weighted by atomic mass is 10.2. The Morgan fingerprint density at radius 2 is 2.24 bits per heavy atom.